The molecule has 0 saturated carbocycles. The fraction of sp³-hybridized carbons (Fsp3) is 0.619. The van der Waals surface area contributed by atoms with Gasteiger partial charge >= 0.3 is 0 Å². The molecule has 1 aromatic rings. The lowest BCUT2D eigenvalue weighted by molar-refractivity contribution is -0.127. The van der Waals surface area contributed by atoms with E-state index < -0.39 is 0 Å². The summed E-state index contributed by atoms with van der Waals surface area (Å²) in [5.74, 6) is 1.73. The molecular weight excluding hydrogens is 342 g/mol. The van der Waals surface area contributed by atoms with Crippen molar-refractivity contribution < 1.29 is 14.3 Å². The minimum absolute atomic E-state index is 0.148. The van der Waals surface area contributed by atoms with Gasteiger partial charge in [-0.25, -0.2) is 0 Å². The Bertz CT molecular complexity index is 705. The molecule has 1 aromatic heterocycles. The van der Waals surface area contributed by atoms with Gasteiger partial charge in [-0.2, -0.15) is 0 Å². The highest BCUT2D eigenvalue weighted by atomic mass is 16.5. The van der Waals surface area contributed by atoms with Crippen LogP contribution in [-0.2, 0) is 11.3 Å². The first kappa shape index (κ1) is 19.7. The number of allylic oxidation sites excluding steroid dienone is 1. The maximum Gasteiger partial charge on any atom is 0.223 e. The van der Waals surface area contributed by atoms with Crippen molar-refractivity contribution >= 4 is 5.91 Å². The largest absolute Gasteiger partial charge is 0.493 e. The van der Waals surface area contributed by atoms with Crippen LogP contribution in [-0.4, -0.2) is 61.1 Å². The lowest BCUT2D eigenvalue weighted by Gasteiger charge is -2.38. The normalized spacial score (nSPS) is 19.4. The Morgan fingerprint density at radius 3 is 2.63 bits per heavy atom. The first-order chi connectivity index (χ1) is 13.0. The van der Waals surface area contributed by atoms with Crippen LogP contribution in [0.5, 0.6) is 11.5 Å². The Morgan fingerprint density at radius 2 is 2.00 bits per heavy atom. The fourth-order valence-corrected chi connectivity index (χ4v) is 4.14. The van der Waals surface area contributed by atoms with Crippen molar-refractivity contribution in [3.05, 3.63) is 29.6 Å². The summed E-state index contributed by atoms with van der Waals surface area (Å²) in [6.45, 7) is 8.50. The SMILES string of the molecule is COc1ccnc(CN2CCC3(CC2)CC(=O)N(CC=C(C)C)C3)c1OC. The van der Waals surface area contributed by atoms with Crippen LogP contribution >= 0.6 is 0 Å². The molecule has 0 atom stereocenters. The number of nitrogens with zero attached hydrogens (tertiary/aromatic N) is 3. The molecule has 0 bridgehead atoms. The van der Waals surface area contributed by atoms with E-state index in [9.17, 15) is 4.79 Å². The van der Waals surface area contributed by atoms with Crippen molar-refractivity contribution in [3.63, 3.8) is 0 Å². The summed E-state index contributed by atoms with van der Waals surface area (Å²) in [6.07, 6.45) is 6.70. The van der Waals surface area contributed by atoms with Crippen molar-refractivity contribution in [1.29, 1.82) is 0 Å². The third-order valence-corrected chi connectivity index (χ3v) is 5.78. The molecular formula is C21H31N3O3. The van der Waals surface area contributed by atoms with Gasteiger partial charge in [0.25, 0.3) is 0 Å². The van der Waals surface area contributed by atoms with Gasteiger partial charge in [0.05, 0.1) is 14.2 Å². The number of methoxy groups -OCH3 is 2. The quantitative estimate of drug-likeness (QED) is 0.718. The number of rotatable bonds is 6. The Labute approximate surface area is 162 Å². The number of hydrogen-bond acceptors (Lipinski definition) is 5. The Morgan fingerprint density at radius 1 is 1.26 bits per heavy atom. The summed E-state index contributed by atoms with van der Waals surface area (Å²) in [5, 5.41) is 0. The van der Waals surface area contributed by atoms with Crippen molar-refractivity contribution in [1.82, 2.24) is 14.8 Å². The van der Waals surface area contributed by atoms with Gasteiger partial charge in [0, 0.05) is 38.3 Å². The van der Waals surface area contributed by atoms with E-state index in [4.69, 9.17) is 9.47 Å². The summed E-state index contributed by atoms with van der Waals surface area (Å²) in [6, 6.07) is 1.82. The standard InChI is InChI=1S/C21H31N3O3/c1-16(2)6-10-24-15-21(13-19(24)25)7-11-23(12-8-21)14-17-20(27-4)18(26-3)5-9-22-17/h5-6,9H,7-8,10-15H2,1-4H3. The summed E-state index contributed by atoms with van der Waals surface area (Å²) in [7, 11) is 3.30. The van der Waals surface area contributed by atoms with Crippen molar-refractivity contribution in [2.45, 2.75) is 39.7 Å². The highest BCUT2D eigenvalue weighted by Gasteiger charge is 2.44. The number of piperidine rings is 1. The second kappa shape index (κ2) is 8.30. The minimum atomic E-state index is 0.148. The molecule has 0 aromatic carbocycles. The monoisotopic (exact) mass is 373 g/mol. The van der Waals surface area contributed by atoms with Crippen molar-refractivity contribution in [3.8, 4) is 11.5 Å². The predicted molar refractivity (Wildman–Crippen MR) is 105 cm³/mol. The molecule has 0 radical (unpaired) electrons. The van der Waals surface area contributed by atoms with E-state index in [2.05, 4.69) is 29.8 Å². The third kappa shape index (κ3) is 4.43. The van der Waals surface area contributed by atoms with Gasteiger partial charge in [0.1, 0.15) is 5.69 Å². The lowest BCUT2D eigenvalue weighted by Crippen LogP contribution is -2.41. The molecule has 148 valence electrons. The van der Waals surface area contributed by atoms with Crippen LogP contribution in [0.15, 0.2) is 23.9 Å². The third-order valence-electron chi connectivity index (χ3n) is 5.78. The predicted octanol–water partition coefficient (Wildman–Crippen LogP) is 2.88. The van der Waals surface area contributed by atoms with E-state index in [1.807, 2.05) is 11.0 Å². The number of amides is 1. The van der Waals surface area contributed by atoms with Crippen LogP contribution in [0.25, 0.3) is 0 Å². The minimum Gasteiger partial charge on any atom is -0.493 e. The van der Waals surface area contributed by atoms with E-state index in [1.54, 1.807) is 20.4 Å². The fourth-order valence-electron chi connectivity index (χ4n) is 4.14. The van der Waals surface area contributed by atoms with Crippen LogP contribution in [0, 0.1) is 5.41 Å². The first-order valence-electron chi connectivity index (χ1n) is 9.66. The zero-order valence-electron chi connectivity index (χ0n) is 17.0. The van der Waals surface area contributed by atoms with Gasteiger partial charge in [0.2, 0.25) is 5.91 Å². The molecule has 0 N–H and O–H groups in total. The van der Waals surface area contributed by atoms with Gasteiger partial charge < -0.3 is 14.4 Å². The number of hydrogen-bond donors (Lipinski definition) is 0. The van der Waals surface area contributed by atoms with Gasteiger partial charge in [0.15, 0.2) is 11.5 Å². The number of ether oxygens (including phenoxy) is 2. The zero-order valence-corrected chi connectivity index (χ0v) is 17.0. The van der Waals surface area contributed by atoms with Crippen LogP contribution in [0.1, 0.15) is 38.8 Å². The van der Waals surface area contributed by atoms with E-state index in [-0.39, 0.29) is 5.41 Å². The van der Waals surface area contributed by atoms with Crippen LogP contribution < -0.4 is 9.47 Å². The van der Waals surface area contributed by atoms with Crippen LogP contribution in [0.3, 0.4) is 0 Å². The lowest BCUT2D eigenvalue weighted by atomic mass is 9.77. The topological polar surface area (TPSA) is 54.9 Å². The smallest absolute Gasteiger partial charge is 0.223 e. The van der Waals surface area contributed by atoms with Crippen molar-refractivity contribution in [2.75, 3.05) is 40.4 Å². The van der Waals surface area contributed by atoms with E-state index in [0.717, 1.165) is 51.3 Å². The van der Waals surface area contributed by atoms with Crippen LogP contribution in [0.2, 0.25) is 0 Å². The molecule has 2 saturated heterocycles. The van der Waals surface area contributed by atoms with Gasteiger partial charge in [-0.3, -0.25) is 14.7 Å². The maximum atomic E-state index is 12.4. The van der Waals surface area contributed by atoms with E-state index in [1.165, 1.54) is 5.57 Å². The average Bonchev–Trinajstić information content (AvgIpc) is 2.97. The van der Waals surface area contributed by atoms with Gasteiger partial charge in [-0.15, -0.1) is 0 Å². The summed E-state index contributed by atoms with van der Waals surface area (Å²) < 4.78 is 10.9. The number of pyridine rings is 1. The molecule has 2 fully saturated rings. The summed E-state index contributed by atoms with van der Waals surface area (Å²) in [5.41, 5.74) is 2.31. The number of carbonyl (C=O) groups excluding carboxylic acids is 1. The first-order valence-corrected chi connectivity index (χ1v) is 9.66. The molecule has 1 amide bonds. The highest BCUT2D eigenvalue weighted by Crippen LogP contribution is 2.41. The average molecular weight is 373 g/mol. The van der Waals surface area contributed by atoms with E-state index >= 15 is 0 Å². The van der Waals surface area contributed by atoms with Gasteiger partial charge in [-0.1, -0.05) is 11.6 Å². The molecule has 27 heavy (non-hydrogen) atoms. The molecule has 0 aliphatic carbocycles. The molecule has 6 heteroatoms. The molecule has 2 aliphatic heterocycles. The molecule has 3 heterocycles. The summed E-state index contributed by atoms with van der Waals surface area (Å²) in [4.78, 5) is 21.3. The Balaban J connectivity index is 1.60. The number of aromatic nitrogens is 1. The van der Waals surface area contributed by atoms with E-state index in [0.29, 0.717) is 23.8 Å². The zero-order chi connectivity index (χ0) is 19.4. The molecule has 3 rings (SSSR count). The highest BCUT2D eigenvalue weighted by molar-refractivity contribution is 5.79. The number of likely N-dealkylation sites (tertiary alicyclic amines) is 2. The Hall–Kier alpha value is -2.08. The Kier molecular flexibility index (Phi) is 6.05. The second-order valence-electron chi connectivity index (χ2n) is 8.00. The summed E-state index contributed by atoms with van der Waals surface area (Å²) >= 11 is 0. The molecule has 1 spiro atoms. The second-order valence-corrected chi connectivity index (χ2v) is 8.00. The van der Waals surface area contributed by atoms with Crippen molar-refractivity contribution in [2.24, 2.45) is 5.41 Å². The van der Waals surface area contributed by atoms with Crippen LogP contribution in [0.4, 0.5) is 0 Å². The molecule has 2 aliphatic rings. The molecule has 6 nitrogen and oxygen atoms in total. The molecule has 0 unspecified atom stereocenters. The maximum absolute atomic E-state index is 12.4. The number of carbonyl (C=O) groups is 1. The van der Waals surface area contributed by atoms with Gasteiger partial charge in [-0.05, 0) is 45.2 Å².